The van der Waals surface area contributed by atoms with E-state index < -0.39 is 0 Å². The Bertz CT molecular complexity index is 830. The van der Waals surface area contributed by atoms with E-state index in [0.717, 1.165) is 12.6 Å². The molecule has 24 heavy (non-hydrogen) atoms. The number of benzene rings is 1. The van der Waals surface area contributed by atoms with Crippen molar-refractivity contribution in [1.82, 2.24) is 9.88 Å². The number of aromatic amines is 1. The van der Waals surface area contributed by atoms with Gasteiger partial charge in [0.25, 0.3) is 0 Å². The summed E-state index contributed by atoms with van der Waals surface area (Å²) in [6.45, 7) is 2.43. The first-order chi connectivity index (χ1) is 11.9. The summed E-state index contributed by atoms with van der Waals surface area (Å²) in [6.07, 6.45) is 16.3. The van der Waals surface area contributed by atoms with Gasteiger partial charge >= 0.3 is 0 Å². The molecular formula is C22H28N2. The van der Waals surface area contributed by atoms with Gasteiger partial charge in [-0.15, -0.1) is 0 Å². The number of allylic oxidation sites excluding steroid dienone is 2. The lowest BCUT2D eigenvalue weighted by atomic mass is 9.90. The van der Waals surface area contributed by atoms with Crippen LogP contribution in [-0.2, 0) is 0 Å². The van der Waals surface area contributed by atoms with Crippen LogP contribution in [0, 0.1) is 0 Å². The van der Waals surface area contributed by atoms with E-state index in [1.54, 1.807) is 11.1 Å². The van der Waals surface area contributed by atoms with Crippen LogP contribution in [0.3, 0.4) is 0 Å². The fraction of sp³-hybridized carbons (Fsp3) is 0.455. The van der Waals surface area contributed by atoms with Crippen molar-refractivity contribution in [1.29, 1.82) is 0 Å². The third-order valence-electron chi connectivity index (χ3n) is 6.22. The Hall–Kier alpha value is -1.80. The van der Waals surface area contributed by atoms with E-state index in [9.17, 15) is 0 Å². The number of fused-ring (bicyclic) bond motifs is 2. The summed E-state index contributed by atoms with van der Waals surface area (Å²) in [7, 11) is 0. The predicted octanol–water partition coefficient (Wildman–Crippen LogP) is 5.62. The minimum Gasteiger partial charge on any atom is -0.361 e. The second-order valence-electron chi connectivity index (χ2n) is 7.66. The molecule has 3 aliphatic rings. The van der Waals surface area contributed by atoms with Crippen molar-refractivity contribution in [2.45, 2.75) is 51.0 Å². The third kappa shape index (κ3) is 2.44. The van der Waals surface area contributed by atoms with E-state index in [2.05, 4.69) is 46.4 Å². The van der Waals surface area contributed by atoms with Crippen molar-refractivity contribution < 1.29 is 1.43 Å². The Balaban J connectivity index is 0.00000157. The number of rotatable bonds is 2. The van der Waals surface area contributed by atoms with Crippen LogP contribution in [0.5, 0.6) is 0 Å². The van der Waals surface area contributed by atoms with Gasteiger partial charge in [0.1, 0.15) is 0 Å². The molecule has 2 heteroatoms. The highest BCUT2D eigenvalue weighted by Crippen LogP contribution is 2.36. The summed E-state index contributed by atoms with van der Waals surface area (Å²) in [5.41, 5.74) is 7.26. The summed E-state index contributed by atoms with van der Waals surface area (Å²) in [6, 6.07) is 7.78. The summed E-state index contributed by atoms with van der Waals surface area (Å²) in [5.74, 6) is 0. The molecule has 1 unspecified atom stereocenters. The Labute approximate surface area is 145 Å². The van der Waals surface area contributed by atoms with Gasteiger partial charge in [-0.1, -0.05) is 18.2 Å². The summed E-state index contributed by atoms with van der Waals surface area (Å²) < 4.78 is 0. The summed E-state index contributed by atoms with van der Waals surface area (Å²) >= 11 is 0. The van der Waals surface area contributed by atoms with E-state index in [1.807, 2.05) is 0 Å². The van der Waals surface area contributed by atoms with Crippen molar-refractivity contribution >= 4 is 22.0 Å². The van der Waals surface area contributed by atoms with Crippen molar-refractivity contribution in [3.63, 3.8) is 0 Å². The maximum Gasteiger partial charge on any atom is 0.0460 e. The zero-order valence-corrected chi connectivity index (χ0v) is 14.4. The molecule has 1 aromatic heterocycles. The average molecular weight is 320 g/mol. The molecule has 1 saturated heterocycles. The lowest BCUT2D eigenvalue weighted by Gasteiger charge is -2.29. The molecule has 0 saturated carbocycles. The number of aromatic nitrogens is 1. The monoisotopic (exact) mass is 320 g/mol. The number of nitrogens with zero attached hydrogens (tertiary/aromatic N) is 1. The van der Waals surface area contributed by atoms with Crippen LogP contribution in [0.1, 0.15) is 57.5 Å². The van der Waals surface area contributed by atoms with Crippen molar-refractivity contribution in [2.24, 2.45) is 0 Å². The molecule has 0 amide bonds. The average Bonchev–Trinajstić information content (AvgIpc) is 3.27. The van der Waals surface area contributed by atoms with Crippen LogP contribution in [0.2, 0.25) is 0 Å². The van der Waals surface area contributed by atoms with Gasteiger partial charge in [0.15, 0.2) is 0 Å². The van der Waals surface area contributed by atoms with Gasteiger partial charge in [-0.3, -0.25) is 4.90 Å². The third-order valence-corrected chi connectivity index (χ3v) is 6.22. The maximum absolute atomic E-state index is 3.50. The lowest BCUT2D eigenvalue weighted by molar-refractivity contribution is 0.275. The lowest BCUT2D eigenvalue weighted by Crippen LogP contribution is -2.32. The van der Waals surface area contributed by atoms with Gasteiger partial charge < -0.3 is 4.98 Å². The molecule has 126 valence electrons. The zero-order chi connectivity index (χ0) is 15.9. The molecule has 0 radical (unpaired) electrons. The van der Waals surface area contributed by atoms with E-state index >= 15 is 0 Å². The number of hydrogen-bond donors (Lipinski definition) is 1. The van der Waals surface area contributed by atoms with Gasteiger partial charge in [0.05, 0.1) is 0 Å². The van der Waals surface area contributed by atoms with Gasteiger partial charge in [-0.2, -0.15) is 0 Å². The summed E-state index contributed by atoms with van der Waals surface area (Å²) in [4.78, 5) is 6.15. The van der Waals surface area contributed by atoms with Crippen molar-refractivity contribution in [3.8, 4) is 0 Å². The van der Waals surface area contributed by atoms with E-state index in [1.165, 1.54) is 73.5 Å². The minimum atomic E-state index is 0. The van der Waals surface area contributed by atoms with Gasteiger partial charge in [-0.25, -0.2) is 0 Å². The molecule has 1 N–H and O–H groups in total. The van der Waals surface area contributed by atoms with Crippen molar-refractivity contribution in [3.05, 3.63) is 47.7 Å². The number of H-pyrrole nitrogens is 1. The first kappa shape index (κ1) is 14.5. The fourth-order valence-corrected chi connectivity index (χ4v) is 4.84. The van der Waals surface area contributed by atoms with E-state index in [4.69, 9.17) is 0 Å². The molecule has 5 rings (SSSR count). The first-order valence-electron chi connectivity index (χ1n) is 9.62. The highest BCUT2D eigenvalue weighted by molar-refractivity contribution is 5.95. The highest BCUT2D eigenvalue weighted by Gasteiger charge is 2.28. The first-order valence-corrected chi connectivity index (χ1v) is 9.62. The van der Waals surface area contributed by atoms with Gasteiger partial charge in [-0.05, 0) is 80.3 Å². The molecule has 0 spiro atoms. The molecule has 1 aliphatic carbocycles. The van der Waals surface area contributed by atoms with Crippen LogP contribution in [-0.4, -0.2) is 29.0 Å². The van der Waals surface area contributed by atoms with Crippen molar-refractivity contribution in [2.75, 3.05) is 13.1 Å². The molecular weight excluding hydrogens is 292 g/mol. The normalized spacial score (nSPS) is 24.8. The van der Waals surface area contributed by atoms with Crippen LogP contribution in [0.4, 0.5) is 0 Å². The molecule has 1 atom stereocenters. The molecule has 1 fully saturated rings. The molecule has 2 aromatic rings. The van der Waals surface area contributed by atoms with Crippen LogP contribution >= 0.6 is 0 Å². The number of nitrogens with one attached hydrogen (secondary N) is 1. The minimum absolute atomic E-state index is 0. The predicted molar refractivity (Wildman–Crippen MR) is 104 cm³/mol. The topological polar surface area (TPSA) is 19.0 Å². The van der Waals surface area contributed by atoms with E-state index in [0.29, 0.717) is 0 Å². The quantitative estimate of drug-likeness (QED) is 0.760. The Morgan fingerprint density at radius 2 is 2.08 bits per heavy atom. The standard InChI is InChI=1S/C22H26N2.H2/c1-2-5-16(6-3-1)17-8-9-22-20(14-17)21(15-23-22)18-10-12-24-11-4-7-19(24)13-18;/h5,8-10,14-15,19,23H,1-4,6-7,11-13H2;1H. The Kier molecular flexibility index (Phi) is 3.59. The molecule has 1 aromatic carbocycles. The van der Waals surface area contributed by atoms with Crippen LogP contribution in [0.25, 0.3) is 22.0 Å². The smallest absolute Gasteiger partial charge is 0.0460 e. The number of hydrogen-bond acceptors (Lipinski definition) is 1. The van der Waals surface area contributed by atoms with Gasteiger partial charge in [0, 0.05) is 36.7 Å². The molecule has 3 heterocycles. The summed E-state index contributed by atoms with van der Waals surface area (Å²) in [5, 5.41) is 1.41. The SMILES string of the molecule is C1=C(c2ccc3[nH]cc(C4=CCN5CCCC5C4)c3c2)CCCC1.[HH]. The fourth-order valence-electron chi connectivity index (χ4n) is 4.84. The van der Waals surface area contributed by atoms with E-state index in [-0.39, 0.29) is 1.43 Å². The molecule has 2 aliphatic heterocycles. The zero-order valence-electron chi connectivity index (χ0n) is 14.4. The Morgan fingerprint density at radius 1 is 1.08 bits per heavy atom. The Morgan fingerprint density at radius 3 is 3.00 bits per heavy atom. The second-order valence-corrected chi connectivity index (χ2v) is 7.66. The highest BCUT2D eigenvalue weighted by atomic mass is 15.2. The second kappa shape index (κ2) is 5.93. The molecule has 0 bridgehead atoms. The molecule has 2 nitrogen and oxygen atoms in total. The maximum atomic E-state index is 3.50. The van der Waals surface area contributed by atoms with Crippen LogP contribution < -0.4 is 0 Å². The largest absolute Gasteiger partial charge is 0.361 e. The van der Waals surface area contributed by atoms with Gasteiger partial charge in [0.2, 0.25) is 0 Å². The van der Waals surface area contributed by atoms with Crippen LogP contribution in [0.15, 0.2) is 36.5 Å².